The molecular formula is C27H50N2O6. The summed E-state index contributed by atoms with van der Waals surface area (Å²) in [5.74, 6) is -0.455. The second-order valence-corrected chi connectivity index (χ2v) is 10.9. The largest absolute Gasteiger partial charge is 0.841 e. The maximum absolute atomic E-state index is 12.5. The summed E-state index contributed by atoms with van der Waals surface area (Å²) in [6, 6.07) is 0. The van der Waals surface area contributed by atoms with Gasteiger partial charge in [0.1, 0.15) is 17.7 Å². The van der Waals surface area contributed by atoms with Crippen LogP contribution in [-0.2, 0) is 14.3 Å². The first-order valence-electron chi connectivity index (χ1n) is 13.9. The first-order chi connectivity index (χ1) is 16.8. The van der Waals surface area contributed by atoms with Gasteiger partial charge < -0.3 is 35.0 Å². The van der Waals surface area contributed by atoms with Crippen molar-refractivity contribution in [1.29, 1.82) is 0 Å². The second-order valence-electron chi connectivity index (χ2n) is 10.9. The number of piperidine rings is 1. The van der Waals surface area contributed by atoms with E-state index in [1.165, 1.54) is 0 Å². The molecule has 0 radical (unpaired) electrons. The second kappa shape index (κ2) is 16.0. The molecule has 8 atom stereocenters. The molecule has 1 saturated carbocycles. The van der Waals surface area contributed by atoms with E-state index in [1.807, 2.05) is 0 Å². The number of ether oxygens (including phenoxy) is 1. The third-order valence-corrected chi connectivity index (χ3v) is 8.40. The molecule has 8 unspecified atom stereocenters. The van der Waals surface area contributed by atoms with E-state index in [9.17, 15) is 24.9 Å². The fourth-order valence-corrected chi connectivity index (χ4v) is 6.38. The molecule has 0 aromatic heterocycles. The van der Waals surface area contributed by atoms with Crippen molar-refractivity contribution in [2.45, 2.75) is 115 Å². The van der Waals surface area contributed by atoms with Gasteiger partial charge in [-0.15, -0.1) is 0 Å². The third-order valence-electron chi connectivity index (χ3n) is 8.40. The molecule has 0 aromatic carbocycles. The minimum atomic E-state index is -1.77. The van der Waals surface area contributed by atoms with Gasteiger partial charge in [-0.3, -0.25) is 5.73 Å². The zero-order chi connectivity index (χ0) is 25.8. The lowest BCUT2D eigenvalue weighted by atomic mass is 9.65. The van der Waals surface area contributed by atoms with Crippen molar-refractivity contribution in [3.05, 3.63) is 0 Å². The maximum Gasteiger partial charge on any atom is 0.137 e. The van der Waals surface area contributed by atoms with Gasteiger partial charge in [-0.05, 0) is 68.3 Å². The van der Waals surface area contributed by atoms with E-state index in [4.69, 9.17) is 10.5 Å². The first-order valence-corrected chi connectivity index (χ1v) is 13.9. The standard InChI is InChI=1S/C27H49N2O6/c1-3-4-5-6-7-8-22(31)27(34)23(32)10-9-18-15-21(26(33)24(16-18)35-2)20(12-14-30)19-11-13-29-25(28)17-19/h18-21,24-27,29-30,33H,3-17,28H2,1-2H3/q-1/p+1. The summed E-state index contributed by atoms with van der Waals surface area (Å²) >= 11 is 0. The van der Waals surface area contributed by atoms with Gasteiger partial charge >= 0.3 is 0 Å². The molecule has 6 N–H and O–H groups in total. The fourth-order valence-electron chi connectivity index (χ4n) is 6.38. The molecule has 35 heavy (non-hydrogen) atoms. The smallest absolute Gasteiger partial charge is 0.137 e. The minimum absolute atomic E-state index is 0.0421. The van der Waals surface area contributed by atoms with Crippen LogP contribution in [0.3, 0.4) is 0 Å². The van der Waals surface area contributed by atoms with Gasteiger partial charge in [0, 0.05) is 33.0 Å². The number of quaternary nitrogens is 1. The van der Waals surface area contributed by atoms with Gasteiger partial charge in [-0.1, -0.05) is 32.6 Å². The van der Waals surface area contributed by atoms with Crippen molar-refractivity contribution >= 4 is 11.6 Å². The van der Waals surface area contributed by atoms with Gasteiger partial charge in [-0.2, -0.15) is 0 Å². The van der Waals surface area contributed by atoms with Crippen molar-refractivity contribution in [3.8, 4) is 0 Å². The van der Waals surface area contributed by atoms with Crippen LogP contribution in [0.15, 0.2) is 0 Å². The normalized spacial score (nSPS) is 31.1. The highest BCUT2D eigenvalue weighted by atomic mass is 16.5. The number of aliphatic hydroxyl groups excluding tert-OH is 2. The van der Waals surface area contributed by atoms with Crippen molar-refractivity contribution in [2.24, 2.45) is 29.4 Å². The maximum atomic E-state index is 12.5. The van der Waals surface area contributed by atoms with E-state index in [2.05, 4.69) is 12.2 Å². The lowest BCUT2D eigenvalue weighted by molar-refractivity contribution is -0.699. The molecule has 2 aliphatic rings. The van der Waals surface area contributed by atoms with Gasteiger partial charge in [-0.25, -0.2) is 0 Å². The quantitative estimate of drug-likeness (QED) is 0.180. The molecule has 204 valence electrons. The average Bonchev–Trinajstić information content (AvgIpc) is 2.85. The Hall–Kier alpha value is -0.900. The molecule has 0 aromatic rings. The lowest BCUT2D eigenvalue weighted by Crippen LogP contribution is -2.94. The SMILES string of the molecule is CCCCCCCC(=O)C([O-])C(=O)CCC1CC(OC)C(O)C(C(CCO)C2CC[NH2+]C(N)C2)C1. The summed E-state index contributed by atoms with van der Waals surface area (Å²) in [6.45, 7) is 3.13. The van der Waals surface area contributed by atoms with E-state index in [-0.39, 0.29) is 49.5 Å². The number of unbranched alkanes of at least 4 members (excludes halogenated alkanes) is 4. The monoisotopic (exact) mass is 498 g/mol. The molecule has 0 spiro atoms. The van der Waals surface area contributed by atoms with Crippen LogP contribution in [0.5, 0.6) is 0 Å². The number of carbonyl (C=O) groups excluding carboxylic acids is 2. The Bertz CT molecular complexity index is 633. The van der Waals surface area contributed by atoms with E-state index in [0.717, 1.165) is 51.5 Å². The van der Waals surface area contributed by atoms with Crippen molar-refractivity contribution in [3.63, 3.8) is 0 Å². The molecular weight excluding hydrogens is 448 g/mol. The van der Waals surface area contributed by atoms with Crippen LogP contribution >= 0.6 is 0 Å². The zero-order valence-electron chi connectivity index (χ0n) is 21.9. The third kappa shape index (κ3) is 9.48. The molecule has 1 heterocycles. The highest BCUT2D eigenvalue weighted by molar-refractivity contribution is 6.04. The van der Waals surface area contributed by atoms with Crippen LogP contribution in [0.1, 0.15) is 90.4 Å². The summed E-state index contributed by atoms with van der Waals surface area (Å²) in [5, 5.41) is 35.4. The molecule has 1 saturated heterocycles. The lowest BCUT2D eigenvalue weighted by Gasteiger charge is -2.45. The van der Waals surface area contributed by atoms with Gasteiger partial charge in [0.05, 0.1) is 18.8 Å². The predicted molar refractivity (Wildman–Crippen MR) is 132 cm³/mol. The number of carbonyl (C=O) groups is 2. The highest BCUT2D eigenvalue weighted by Gasteiger charge is 2.44. The number of rotatable bonds is 16. The van der Waals surface area contributed by atoms with Crippen LogP contribution < -0.4 is 16.2 Å². The Balaban J connectivity index is 1.94. The molecule has 2 rings (SSSR count). The molecule has 0 amide bonds. The van der Waals surface area contributed by atoms with E-state index in [0.29, 0.717) is 31.6 Å². The van der Waals surface area contributed by atoms with Crippen molar-refractivity contribution < 1.29 is 35.0 Å². The molecule has 2 fully saturated rings. The Morgan fingerprint density at radius 3 is 2.49 bits per heavy atom. The van der Waals surface area contributed by atoms with Crippen molar-refractivity contribution in [2.75, 3.05) is 20.3 Å². The van der Waals surface area contributed by atoms with E-state index in [1.54, 1.807) is 7.11 Å². The number of aliphatic hydroxyl groups is 2. The van der Waals surface area contributed by atoms with Gasteiger partial charge in [0.2, 0.25) is 0 Å². The summed E-state index contributed by atoms with van der Waals surface area (Å²) < 4.78 is 5.62. The highest BCUT2D eigenvalue weighted by Crippen LogP contribution is 2.43. The average molecular weight is 499 g/mol. The number of nitrogens with two attached hydrogens (primary N) is 2. The molecule has 1 aliphatic heterocycles. The Morgan fingerprint density at radius 2 is 1.83 bits per heavy atom. The zero-order valence-corrected chi connectivity index (χ0v) is 21.9. The fraction of sp³-hybridized carbons (Fsp3) is 0.926. The predicted octanol–water partition coefficient (Wildman–Crippen LogP) is 0.653. The summed E-state index contributed by atoms with van der Waals surface area (Å²) in [6.07, 6.45) is 6.81. The van der Waals surface area contributed by atoms with E-state index < -0.39 is 23.8 Å². The molecule has 1 aliphatic carbocycles. The topological polar surface area (TPSA) is 150 Å². The number of ketones is 2. The Labute approximate surface area is 211 Å². The molecule has 8 nitrogen and oxygen atoms in total. The van der Waals surface area contributed by atoms with Crippen LogP contribution in [0.25, 0.3) is 0 Å². The van der Waals surface area contributed by atoms with Crippen LogP contribution in [0.4, 0.5) is 0 Å². The summed E-state index contributed by atoms with van der Waals surface area (Å²) in [7, 11) is 1.60. The summed E-state index contributed by atoms with van der Waals surface area (Å²) in [4.78, 5) is 24.7. The number of hydrogen-bond donors (Lipinski definition) is 4. The van der Waals surface area contributed by atoms with Crippen LogP contribution in [0.2, 0.25) is 0 Å². The van der Waals surface area contributed by atoms with E-state index >= 15 is 0 Å². The van der Waals surface area contributed by atoms with Crippen LogP contribution in [-0.4, -0.2) is 66.5 Å². The number of hydrogen-bond acceptors (Lipinski definition) is 7. The summed E-state index contributed by atoms with van der Waals surface area (Å²) in [5.41, 5.74) is 6.19. The Morgan fingerprint density at radius 1 is 1.11 bits per heavy atom. The van der Waals surface area contributed by atoms with Gasteiger partial charge in [0.15, 0.2) is 0 Å². The number of methoxy groups -OCH3 is 1. The minimum Gasteiger partial charge on any atom is -0.841 e. The van der Waals surface area contributed by atoms with Gasteiger partial charge in [0.25, 0.3) is 0 Å². The molecule has 8 heteroatoms. The number of Topliss-reactive ketones (excluding diaryl/α,β-unsaturated/α-hetero) is 2. The van der Waals surface area contributed by atoms with Crippen molar-refractivity contribution in [1.82, 2.24) is 0 Å². The first kappa shape index (κ1) is 30.3. The Kier molecular flexibility index (Phi) is 13.9. The molecule has 0 bridgehead atoms. The van der Waals surface area contributed by atoms with Crippen LogP contribution in [0, 0.1) is 23.7 Å².